The third-order valence-corrected chi connectivity index (χ3v) is 3.51. The molecule has 0 unspecified atom stereocenters. The first-order valence-electron chi connectivity index (χ1n) is 7.12. The maximum absolute atomic E-state index is 12.2. The van der Waals surface area contributed by atoms with Crippen LogP contribution in [0.25, 0.3) is 17.0 Å². The number of ketones is 1. The Morgan fingerprint density at radius 2 is 1.77 bits per heavy atom. The van der Waals surface area contributed by atoms with Crippen LogP contribution in [0.4, 0.5) is 5.69 Å². The number of anilines is 1. The molecule has 3 aromatic rings. The average Bonchev–Trinajstić information content (AvgIpc) is 2.97. The van der Waals surface area contributed by atoms with Crippen molar-refractivity contribution in [1.29, 1.82) is 0 Å². The van der Waals surface area contributed by atoms with Gasteiger partial charge in [0.25, 0.3) is 0 Å². The second-order valence-corrected chi connectivity index (χ2v) is 5.33. The molecule has 0 aliphatic rings. The zero-order valence-corrected chi connectivity index (χ0v) is 12.6. The van der Waals surface area contributed by atoms with E-state index in [1.54, 1.807) is 18.2 Å². The van der Waals surface area contributed by atoms with Crippen molar-refractivity contribution in [3.05, 3.63) is 72.0 Å². The summed E-state index contributed by atoms with van der Waals surface area (Å²) in [4.78, 5) is 14.2. The van der Waals surface area contributed by atoms with Crippen LogP contribution in [0, 0.1) is 0 Å². The molecule has 1 aromatic heterocycles. The van der Waals surface area contributed by atoms with E-state index < -0.39 is 0 Å². The summed E-state index contributed by atoms with van der Waals surface area (Å²) < 4.78 is 5.56. The predicted octanol–water partition coefficient (Wildman–Crippen LogP) is 4.39. The van der Waals surface area contributed by atoms with Crippen LogP contribution >= 0.6 is 0 Å². The molecule has 0 aliphatic heterocycles. The molecule has 110 valence electrons. The molecule has 0 radical (unpaired) electrons. The zero-order chi connectivity index (χ0) is 15.5. The van der Waals surface area contributed by atoms with Gasteiger partial charge in [0.1, 0.15) is 5.58 Å². The minimum absolute atomic E-state index is 0.132. The highest BCUT2D eigenvalue weighted by atomic mass is 16.3. The van der Waals surface area contributed by atoms with Crippen LogP contribution in [0.15, 0.2) is 65.1 Å². The molecule has 0 bridgehead atoms. The van der Waals surface area contributed by atoms with Crippen molar-refractivity contribution in [3.8, 4) is 0 Å². The lowest BCUT2D eigenvalue weighted by Gasteiger charge is -2.11. The molecular weight excluding hydrogens is 274 g/mol. The van der Waals surface area contributed by atoms with Crippen LogP contribution in [0.3, 0.4) is 0 Å². The van der Waals surface area contributed by atoms with E-state index in [1.165, 1.54) is 0 Å². The number of para-hydroxylation sites is 1. The van der Waals surface area contributed by atoms with Crippen molar-refractivity contribution in [2.75, 3.05) is 19.0 Å². The largest absolute Gasteiger partial charge is 0.453 e. The van der Waals surface area contributed by atoms with Gasteiger partial charge in [0.15, 0.2) is 5.76 Å². The fourth-order valence-electron chi connectivity index (χ4n) is 2.24. The molecule has 0 fully saturated rings. The summed E-state index contributed by atoms with van der Waals surface area (Å²) >= 11 is 0. The van der Waals surface area contributed by atoms with E-state index in [4.69, 9.17) is 4.42 Å². The molecule has 0 amide bonds. The Morgan fingerprint density at radius 1 is 1.05 bits per heavy atom. The lowest BCUT2D eigenvalue weighted by atomic mass is 10.1. The van der Waals surface area contributed by atoms with Crippen LogP contribution in [0.5, 0.6) is 0 Å². The highest BCUT2D eigenvalue weighted by Gasteiger charge is 2.08. The van der Waals surface area contributed by atoms with Crippen molar-refractivity contribution in [2.24, 2.45) is 0 Å². The Labute approximate surface area is 129 Å². The second kappa shape index (κ2) is 5.90. The predicted molar refractivity (Wildman–Crippen MR) is 90.3 cm³/mol. The third kappa shape index (κ3) is 2.93. The Bertz CT molecular complexity index is 793. The number of hydrogen-bond acceptors (Lipinski definition) is 3. The minimum atomic E-state index is -0.132. The Kier molecular flexibility index (Phi) is 3.79. The van der Waals surface area contributed by atoms with Gasteiger partial charge in [0, 0.05) is 25.2 Å². The number of hydrogen-bond donors (Lipinski definition) is 0. The zero-order valence-electron chi connectivity index (χ0n) is 12.6. The maximum Gasteiger partial charge on any atom is 0.221 e. The Hall–Kier alpha value is -2.81. The molecule has 3 rings (SSSR count). The Balaban J connectivity index is 1.78. The molecule has 0 saturated heterocycles. The number of carbonyl (C=O) groups is 1. The second-order valence-electron chi connectivity index (χ2n) is 5.33. The van der Waals surface area contributed by atoms with E-state index in [9.17, 15) is 4.79 Å². The van der Waals surface area contributed by atoms with Crippen molar-refractivity contribution >= 4 is 28.5 Å². The van der Waals surface area contributed by atoms with Gasteiger partial charge in [-0.05, 0) is 35.9 Å². The van der Waals surface area contributed by atoms with Crippen LogP contribution in [0.1, 0.15) is 16.1 Å². The van der Waals surface area contributed by atoms with Crippen molar-refractivity contribution in [1.82, 2.24) is 0 Å². The summed E-state index contributed by atoms with van der Waals surface area (Å²) in [5.41, 5.74) is 2.84. The maximum atomic E-state index is 12.2. The number of fused-ring (bicyclic) bond motifs is 1. The number of benzene rings is 2. The molecule has 22 heavy (non-hydrogen) atoms. The van der Waals surface area contributed by atoms with Crippen LogP contribution in [0.2, 0.25) is 0 Å². The first kappa shape index (κ1) is 14.1. The van der Waals surface area contributed by atoms with E-state index in [2.05, 4.69) is 0 Å². The van der Waals surface area contributed by atoms with Crippen molar-refractivity contribution in [2.45, 2.75) is 0 Å². The Morgan fingerprint density at radius 3 is 2.45 bits per heavy atom. The number of carbonyl (C=O) groups excluding carboxylic acids is 1. The van der Waals surface area contributed by atoms with E-state index in [0.717, 1.165) is 22.2 Å². The van der Waals surface area contributed by atoms with Gasteiger partial charge in [-0.3, -0.25) is 4.79 Å². The van der Waals surface area contributed by atoms with Gasteiger partial charge in [0.05, 0.1) is 0 Å². The summed E-state index contributed by atoms with van der Waals surface area (Å²) in [6.07, 6.45) is 3.34. The van der Waals surface area contributed by atoms with Gasteiger partial charge in [-0.15, -0.1) is 0 Å². The minimum Gasteiger partial charge on any atom is -0.453 e. The fraction of sp³-hybridized carbons (Fsp3) is 0.105. The van der Waals surface area contributed by atoms with Crippen LogP contribution in [-0.2, 0) is 0 Å². The van der Waals surface area contributed by atoms with E-state index >= 15 is 0 Å². The van der Waals surface area contributed by atoms with Gasteiger partial charge < -0.3 is 9.32 Å². The lowest BCUT2D eigenvalue weighted by molar-refractivity contribution is 0.102. The van der Waals surface area contributed by atoms with Crippen molar-refractivity contribution < 1.29 is 9.21 Å². The number of rotatable bonds is 4. The summed E-state index contributed by atoms with van der Waals surface area (Å²) in [5, 5.41) is 0.939. The van der Waals surface area contributed by atoms with Gasteiger partial charge in [-0.2, -0.15) is 0 Å². The average molecular weight is 291 g/mol. The molecule has 0 aliphatic carbocycles. The van der Waals surface area contributed by atoms with Gasteiger partial charge in [0.2, 0.25) is 5.78 Å². The SMILES string of the molecule is CN(C)c1ccc(/C=C/C(=O)c2cc3ccccc3o2)cc1. The van der Waals surface area contributed by atoms with Gasteiger partial charge in [-0.25, -0.2) is 0 Å². The molecule has 1 heterocycles. The van der Waals surface area contributed by atoms with Gasteiger partial charge >= 0.3 is 0 Å². The standard InChI is InChI=1S/C19H17NO2/c1-20(2)16-10-7-14(8-11-16)9-12-17(21)19-13-15-5-3-4-6-18(15)22-19/h3-13H,1-2H3/b12-9+. The summed E-state index contributed by atoms with van der Waals surface area (Å²) in [5.74, 6) is 0.232. The number of furan rings is 1. The molecule has 3 nitrogen and oxygen atoms in total. The normalized spacial score (nSPS) is 11.2. The first-order chi connectivity index (χ1) is 10.6. The summed E-state index contributed by atoms with van der Waals surface area (Å²) in [6, 6.07) is 17.4. The fourth-order valence-corrected chi connectivity index (χ4v) is 2.24. The van der Waals surface area contributed by atoms with Crippen LogP contribution in [-0.4, -0.2) is 19.9 Å². The highest BCUT2D eigenvalue weighted by molar-refractivity contribution is 6.06. The molecule has 0 atom stereocenters. The molecule has 0 spiro atoms. The van der Waals surface area contributed by atoms with Gasteiger partial charge in [-0.1, -0.05) is 36.4 Å². The topological polar surface area (TPSA) is 33.5 Å². The summed E-state index contributed by atoms with van der Waals surface area (Å²) in [6.45, 7) is 0. The molecular formula is C19H17NO2. The molecule has 0 N–H and O–H groups in total. The van der Waals surface area contributed by atoms with Crippen LogP contribution < -0.4 is 4.90 Å². The van der Waals surface area contributed by atoms with E-state index in [1.807, 2.05) is 67.5 Å². The summed E-state index contributed by atoms with van der Waals surface area (Å²) in [7, 11) is 3.99. The molecule has 0 saturated carbocycles. The van der Waals surface area contributed by atoms with Crippen molar-refractivity contribution in [3.63, 3.8) is 0 Å². The van der Waals surface area contributed by atoms with E-state index in [0.29, 0.717) is 5.76 Å². The number of allylic oxidation sites excluding steroid dienone is 1. The molecule has 3 heteroatoms. The quantitative estimate of drug-likeness (QED) is 0.528. The first-order valence-corrected chi connectivity index (χ1v) is 7.12. The third-order valence-electron chi connectivity index (χ3n) is 3.51. The lowest BCUT2D eigenvalue weighted by Crippen LogP contribution is -2.07. The van der Waals surface area contributed by atoms with E-state index in [-0.39, 0.29) is 5.78 Å². The smallest absolute Gasteiger partial charge is 0.221 e. The molecule has 2 aromatic carbocycles. The monoisotopic (exact) mass is 291 g/mol. The highest BCUT2D eigenvalue weighted by Crippen LogP contribution is 2.20. The number of nitrogens with zero attached hydrogens (tertiary/aromatic N) is 1.